The molecule has 3 aliphatic rings. The highest BCUT2D eigenvalue weighted by atomic mass is 32.1. The molecule has 9 N–H and O–H groups in total. The fourth-order valence-electron chi connectivity index (χ4n) is 9.75. The first-order chi connectivity index (χ1) is 41.4. The summed E-state index contributed by atoms with van der Waals surface area (Å²) in [5.41, 5.74) is 14.3. The van der Waals surface area contributed by atoms with Gasteiger partial charge in [0.05, 0.1) is 42.2 Å². The first-order valence-corrected chi connectivity index (χ1v) is 31.9. The molecule has 11 rings (SSSR count). The van der Waals surface area contributed by atoms with Crippen molar-refractivity contribution < 1.29 is 48.1 Å². The van der Waals surface area contributed by atoms with Crippen LogP contribution in [0.15, 0.2) is 69.0 Å². The quantitative estimate of drug-likeness (QED) is 0.0819. The molecule has 1 aromatic carbocycles. The number of aliphatic imine (C=N–C) groups is 1. The highest BCUT2D eigenvalue weighted by Gasteiger charge is 2.39. The number of nitrogens with two attached hydrogens (primary N) is 2. The molecule has 444 valence electrons. The van der Waals surface area contributed by atoms with Crippen molar-refractivity contribution in [1.82, 2.24) is 61.1 Å². The van der Waals surface area contributed by atoms with Gasteiger partial charge in [-0.1, -0.05) is 44.2 Å². The van der Waals surface area contributed by atoms with Crippen LogP contribution in [0, 0.1) is 12.8 Å². The molecule has 2 unspecified atom stereocenters. The van der Waals surface area contributed by atoms with E-state index in [1.807, 2.05) is 13.8 Å². The van der Waals surface area contributed by atoms with Crippen LogP contribution in [0.4, 0.5) is 0 Å². The standard InChI is InChI=1S/C55H53N15O10S6/c1-23(2)38-54-69-41(35(86-54)18-79-4)46(76)58-16-37(72)66-42(43(73)25-9-6-5-7-10-25)53-65-33(22-84-53)51-62-30(19-82-51)40-26(49-63-31(20-81-49)45(75)60-28(15-36(56)71)52-68-39(24(3)85-52)47(77)67-38)12-13-27(59-40)50-64-32(21-83-50)48-61-29(17-80-48)55(78)70-14-8-11-34(70)44(57)74/h5-7,9-10,12-13,19-23,28-29,34,38,42-43,73H,8,11,14-18H2,1-4H3,(H2,56,71)(H2,57,74)(H,58,76)(H,60,75)(H,66,72)(H,67,77)/t28-,29-,34-,38-,42?,43?/m0/s1. The molecular weight excluding hydrogens is 1220 g/mol. The second-order valence-electron chi connectivity index (χ2n) is 20.3. The number of fused-ring (bicyclic) bond motifs is 14. The van der Waals surface area contributed by atoms with Crippen LogP contribution < -0.4 is 32.7 Å². The SMILES string of the molecule is COCc1sc2nc1C(=O)NCC(=O)NC(C(O)c1ccccc1)c1nc(cs1)-c1nc(cs1)-c1nc(-c3nc(C4=N[C@H](C(=O)N5CCC[C@H]5C(N)=O)CO4)cs3)ccc1-c1nc(cs1)C(=O)N[C@@H](CC(N)=O)c1nc(c(C)s1)C(=O)N[C@H]2C(C)C. The topological polar surface area (TPSA) is 364 Å². The molecule has 1 fully saturated rings. The number of nitrogens with one attached hydrogen (secondary N) is 4. The van der Waals surface area contributed by atoms with Gasteiger partial charge in [-0.25, -0.2) is 39.9 Å². The van der Waals surface area contributed by atoms with Gasteiger partial charge in [0.15, 0.2) is 6.04 Å². The van der Waals surface area contributed by atoms with E-state index in [9.17, 15) is 38.7 Å². The number of aliphatic hydroxyl groups excluding tert-OH is 1. The number of likely N-dealkylation sites (tertiary alicyclic amines) is 1. The number of nitrogens with zero attached hydrogens (tertiary/aromatic N) is 9. The molecule has 10 bridgehead atoms. The largest absolute Gasteiger partial charge is 0.473 e. The summed E-state index contributed by atoms with van der Waals surface area (Å²) < 4.78 is 11.3. The number of carbonyl (C=O) groups excluding carboxylic acids is 7. The van der Waals surface area contributed by atoms with Gasteiger partial charge in [0, 0.05) is 45.6 Å². The van der Waals surface area contributed by atoms with Gasteiger partial charge in [0.2, 0.25) is 23.6 Å². The first-order valence-electron chi connectivity index (χ1n) is 26.7. The van der Waals surface area contributed by atoms with E-state index in [1.54, 1.807) is 70.9 Å². The Morgan fingerprint density at radius 3 is 2.20 bits per heavy atom. The number of hydrogen-bond acceptors (Lipinski definition) is 24. The maximum Gasteiger partial charge on any atom is 0.271 e. The number of hydrogen-bond donors (Lipinski definition) is 7. The number of ether oxygens (including phenoxy) is 2. The van der Waals surface area contributed by atoms with Crippen molar-refractivity contribution >= 4 is 115 Å². The number of thiazole rings is 6. The molecule has 0 aliphatic carbocycles. The molecule has 10 heterocycles. The second kappa shape index (κ2) is 25.4. The summed E-state index contributed by atoms with van der Waals surface area (Å²) in [5.74, 6) is -4.33. The van der Waals surface area contributed by atoms with Crippen LogP contribution in [0.3, 0.4) is 0 Å². The summed E-state index contributed by atoms with van der Waals surface area (Å²) in [7, 11) is 1.46. The zero-order valence-corrected chi connectivity index (χ0v) is 51.0. The molecular formula is C55H53N15O10S6. The van der Waals surface area contributed by atoms with Gasteiger partial charge >= 0.3 is 0 Å². The minimum absolute atomic E-state index is 0.00399. The highest BCUT2D eigenvalue weighted by Crippen LogP contribution is 2.40. The Bertz CT molecular complexity index is 3960. The summed E-state index contributed by atoms with van der Waals surface area (Å²) in [4.78, 5) is 135. The summed E-state index contributed by atoms with van der Waals surface area (Å²) in [6.07, 6.45) is -0.515. The Labute approximate surface area is 513 Å². The Morgan fingerprint density at radius 2 is 1.44 bits per heavy atom. The zero-order chi connectivity index (χ0) is 60.5. The van der Waals surface area contributed by atoms with Crippen molar-refractivity contribution in [3.63, 3.8) is 0 Å². The second-order valence-corrected chi connectivity index (χ2v) is 26.1. The van der Waals surface area contributed by atoms with Gasteiger partial charge in [-0.2, -0.15) is 0 Å². The van der Waals surface area contributed by atoms with Crippen LogP contribution in [-0.4, -0.2) is 131 Å². The maximum atomic E-state index is 14.2. The molecule has 25 nitrogen and oxygen atoms in total. The molecule has 0 spiro atoms. The lowest BCUT2D eigenvalue weighted by molar-refractivity contribution is -0.138. The van der Waals surface area contributed by atoms with E-state index in [0.717, 1.165) is 34.0 Å². The van der Waals surface area contributed by atoms with Crippen molar-refractivity contribution in [2.24, 2.45) is 22.4 Å². The van der Waals surface area contributed by atoms with Gasteiger partial charge in [0.25, 0.3) is 23.6 Å². The number of amides is 7. The van der Waals surface area contributed by atoms with Gasteiger partial charge < -0.3 is 52.2 Å². The average Bonchev–Trinajstić information content (AvgIpc) is 2.71. The molecule has 7 aromatic heterocycles. The predicted molar refractivity (Wildman–Crippen MR) is 322 cm³/mol. The Balaban J connectivity index is 0.966. The van der Waals surface area contributed by atoms with Crippen LogP contribution in [0.25, 0.3) is 43.4 Å². The normalized spacial score (nSPS) is 19.7. The highest BCUT2D eigenvalue weighted by molar-refractivity contribution is 7.15. The van der Waals surface area contributed by atoms with Crippen molar-refractivity contribution in [2.75, 3.05) is 26.8 Å². The number of methoxy groups -OCH3 is 1. The van der Waals surface area contributed by atoms with E-state index in [-0.39, 0.29) is 59.4 Å². The molecule has 0 saturated carbocycles. The number of carbonyl (C=O) groups is 7. The molecule has 6 atom stereocenters. The van der Waals surface area contributed by atoms with Crippen molar-refractivity contribution in [1.29, 1.82) is 0 Å². The molecule has 8 aromatic rings. The van der Waals surface area contributed by atoms with Crippen molar-refractivity contribution in [3.05, 3.63) is 117 Å². The third-order valence-corrected chi connectivity index (χ3v) is 19.7. The number of aryl methyl sites for hydroxylation is 1. The number of aliphatic hydroxyl groups is 1. The molecule has 31 heteroatoms. The summed E-state index contributed by atoms with van der Waals surface area (Å²) >= 11 is 7.11. The number of aromatic nitrogens is 7. The smallest absolute Gasteiger partial charge is 0.271 e. The van der Waals surface area contributed by atoms with Gasteiger partial charge in [-0.15, -0.1) is 68.0 Å². The molecule has 86 heavy (non-hydrogen) atoms. The lowest BCUT2D eigenvalue weighted by Crippen LogP contribution is -2.47. The van der Waals surface area contributed by atoms with Crippen LogP contribution >= 0.6 is 68.0 Å². The van der Waals surface area contributed by atoms with Gasteiger partial charge in [-0.3, -0.25) is 33.6 Å². The number of primary amides is 2. The summed E-state index contributed by atoms with van der Waals surface area (Å²) in [6, 6.07) is 7.79. The van der Waals surface area contributed by atoms with E-state index >= 15 is 0 Å². The Morgan fingerprint density at radius 1 is 0.733 bits per heavy atom. The van der Waals surface area contributed by atoms with Crippen LogP contribution in [-0.2, 0) is 35.3 Å². The maximum absolute atomic E-state index is 14.2. The van der Waals surface area contributed by atoms with Gasteiger partial charge in [-0.05, 0) is 43.4 Å². The third-order valence-electron chi connectivity index (χ3n) is 14.0. The van der Waals surface area contributed by atoms with E-state index in [2.05, 4.69) is 36.2 Å². The fourth-order valence-corrected chi connectivity index (χ4v) is 15.3. The van der Waals surface area contributed by atoms with Crippen LogP contribution in [0.1, 0.15) is 125 Å². The third kappa shape index (κ3) is 12.6. The average molecular weight is 1280 g/mol. The minimum Gasteiger partial charge on any atom is -0.473 e. The molecule has 1 saturated heterocycles. The number of benzene rings is 1. The monoisotopic (exact) mass is 1280 g/mol. The van der Waals surface area contributed by atoms with Gasteiger partial charge in [0.1, 0.15) is 94.7 Å². The predicted octanol–water partition coefficient (Wildman–Crippen LogP) is 5.67. The molecule has 7 amide bonds. The van der Waals surface area contributed by atoms with E-state index in [1.165, 1.54) is 46.0 Å². The van der Waals surface area contributed by atoms with Crippen LogP contribution in [0.5, 0.6) is 0 Å². The lowest BCUT2D eigenvalue weighted by Gasteiger charge is -2.23. The molecule has 3 aliphatic heterocycles. The van der Waals surface area contributed by atoms with Crippen LogP contribution in [0.2, 0.25) is 0 Å². The first kappa shape index (κ1) is 59.6. The minimum atomic E-state index is -1.29. The number of rotatable bonds is 11. The fraction of sp³-hybridized carbons (Fsp3) is 0.327. The van der Waals surface area contributed by atoms with E-state index in [4.69, 9.17) is 45.9 Å². The van der Waals surface area contributed by atoms with E-state index in [0.29, 0.717) is 93.8 Å². The number of pyridine rings is 1. The lowest BCUT2D eigenvalue weighted by atomic mass is 10.0. The Kier molecular flexibility index (Phi) is 17.6. The summed E-state index contributed by atoms with van der Waals surface area (Å²) in [5, 5.41) is 32.4. The Hall–Kier alpha value is -8.17. The molecule has 0 radical (unpaired) electrons. The van der Waals surface area contributed by atoms with E-state index < -0.39 is 78.3 Å². The van der Waals surface area contributed by atoms with Crippen molar-refractivity contribution in [2.45, 2.75) is 83.0 Å². The summed E-state index contributed by atoms with van der Waals surface area (Å²) in [6.45, 7) is 5.25. The zero-order valence-electron chi connectivity index (χ0n) is 46.1. The van der Waals surface area contributed by atoms with Crippen molar-refractivity contribution in [3.8, 4) is 43.4 Å².